The number of aliphatic hydroxyl groups excluding tert-OH is 6. The summed E-state index contributed by atoms with van der Waals surface area (Å²) < 4.78 is 23.0. The average molecular weight is 712 g/mol. The molecule has 2 bridgehead atoms. The van der Waals surface area contributed by atoms with Gasteiger partial charge < -0.3 is 65.5 Å². The molecule has 15 heteroatoms. The second-order valence-electron chi connectivity index (χ2n) is 13.2. The number of esters is 1. The number of ether oxygens (including phenoxy) is 4. The molecule has 50 heavy (non-hydrogen) atoms. The van der Waals surface area contributed by atoms with Gasteiger partial charge in [0.05, 0.1) is 54.9 Å². The summed E-state index contributed by atoms with van der Waals surface area (Å²) in [6.45, 7) is 5.21. The first kappa shape index (κ1) is 41.6. The lowest BCUT2D eigenvalue weighted by Crippen LogP contribution is -2.61. The molecule has 15 nitrogen and oxygen atoms in total. The van der Waals surface area contributed by atoms with E-state index in [9.17, 15) is 50.4 Å². The second-order valence-corrected chi connectivity index (χ2v) is 13.2. The van der Waals surface area contributed by atoms with Crippen molar-refractivity contribution in [1.82, 2.24) is 0 Å². The lowest BCUT2D eigenvalue weighted by atomic mass is 9.82. The van der Waals surface area contributed by atoms with Crippen molar-refractivity contribution < 1.29 is 69.4 Å². The molecule has 3 rings (SSSR count). The van der Waals surface area contributed by atoms with Crippen LogP contribution >= 0.6 is 0 Å². The highest BCUT2D eigenvalue weighted by Gasteiger charge is 2.51. The number of carbonyl (C=O) groups is 2. The molecule has 0 aromatic rings. The van der Waals surface area contributed by atoms with E-state index >= 15 is 0 Å². The third-order valence-electron chi connectivity index (χ3n) is 9.18. The van der Waals surface area contributed by atoms with E-state index in [4.69, 9.17) is 24.7 Å². The van der Waals surface area contributed by atoms with Crippen molar-refractivity contribution in [2.24, 2.45) is 17.6 Å². The first-order valence-electron chi connectivity index (χ1n) is 16.9. The number of carbonyl (C=O) groups excluding carboxylic acids is 1. The minimum atomic E-state index is -2.27. The molecule has 0 spiro atoms. The van der Waals surface area contributed by atoms with Crippen LogP contribution in [0.25, 0.3) is 0 Å². The monoisotopic (exact) mass is 711 g/mol. The van der Waals surface area contributed by atoms with E-state index in [1.165, 1.54) is 6.08 Å². The minimum absolute atomic E-state index is 0.120. The minimum Gasteiger partial charge on any atom is -0.481 e. The highest BCUT2D eigenvalue weighted by molar-refractivity contribution is 5.82. The van der Waals surface area contributed by atoms with Gasteiger partial charge in [-0.15, -0.1) is 0 Å². The van der Waals surface area contributed by atoms with Gasteiger partial charge in [-0.3, -0.25) is 4.79 Å². The van der Waals surface area contributed by atoms with Gasteiger partial charge in [-0.25, -0.2) is 4.79 Å². The van der Waals surface area contributed by atoms with Crippen LogP contribution in [0.5, 0.6) is 0 Å². The molecule has 0 saturated carbocycles. The summed E-state index contributed by atoms with van der Waals surface area (Å²) in [7, 11) is 0. The van der Waals surface area contributed by atoms with Crippen LogP contribution in [0.15, 0.2) is 60.8 Å². The Morgan fingerprint density at radius 3 is 2.18 bits per heavy atom. The number of aliphatic carboxylic acids is 1. The summed E-state index contributed by atoms with van der Waals surface area (Å²) in [5.41, 5.74) is 5.97. The molecule has 3 heterocycles. The molecular formula is C35H53NO14. The molecule has 0 unspecified atom stereocenters. The van der Waals surface area contributed by atoms with Crippen molar-refractivity contribution in [3.05, 3.63) is 60.8 Å². The summed E-state index contributed by atoms with van der Waals surface area (Å²) in [6.07, 6.45) is 0.278. The SMILES string of the molecule is CC[C@H]1\C=C/C=C\C=C/C=C\[C@H](O[C@@H]2O[C@H](C)[C@@H](O)[C@H](N)[C@@H]2O)C[C@@H]2O[C@](O)(C[C@@H](O)C[C@@H](O)[C@H](O)/C=C\C(=O)O[C@@H]1C)C[C@H](O)[C@H]2C(=O)O. The molecule has 0 radical (unpaired) electrons. The van der Waals surface area contributed by atoms with Gasteiger partial charge in [0.1, 0.15) is 18.1 Å². The van der Waals surface area contributed by atoms with Crippen LogP contribution in [-0.4, -0.2) is 132 Å². The van der Waals surface area contributed by atoms with Gasteiger partial charge in [-0.2, -0.15) is 0 Å². The molecule has 0 amide bonds. The molecule has 3 aliphatic heterocycles. The molecule has 15 atom stereocenters. The topological polar surface area (TPSA) is 259 Å². The smallest absolute Gasteiger partial charge is 0.330 e. The average Bonchev–Trinajstić information content (AvgIpc) is 3.02. The van der Waals surface area contributed by atoms with E-state index in [1.54, 1.807) is 50.3 Å². The first-order chi connectivity index (χ1) is 23.5. The first-order valence-corrected chi connectivity index (χ1v) is 16.9. The van der Waals surface area contributed by atoms with Crippen LogP contribution in [0.4, 0.5) is 0 Å². The lowest BCUT2D eigenvalue weighted by Gasteiger charge is -2.45. The van der Waals surface area contributed by atoms with E-state index < -0.39 is 116 Å². The van der Waals surface area contributed by atoms with Gasteiger partial charge in [0.15, 0.2) is 12.1 Å². The Bertz CT molecular complexity index is 1250. The van der Waals surface area contributed by atoms with E-state index in [2.05, 4.69) is 0 Å². The predicted molar refractivity (Wildman–Crippen MR) is 178 cm³/mol. The van der Waals surface area contributed by atoms with Crippen molar-refractivity contribution >= 4 is 11.9 Å². The van der Waals surface area contributed by atoms with Crippen molar-refractivity contribution in [3.8, 4) is 0 Å². The van der Waals surface area contributed by atoms with Gasteiger partial charge in [0.2, 0.25) is 0 Å². The Morgan fingerprint density at radius 1 is 0.900 bits per heavy atom. The number of nitrogens with two attached hydrogens (primary N) is 1. The molecule has 2 saturated heterocycles. The fourth-order valence-electron chi connectivity index (χ4n) is 6.28. The van der Waals surface area contributed by atoms with Gasteiger partial charge >= 0.3 is 11.9 Å². The molecule has 2 fully saturated rings. The predicted octanol–water partition coefficient (Wildman–Crippen LogP) is -0.290. The quantitative estimate of drug-likeness (QED) is 0.170. The third kappa shape index (κ3) is 11.9. The maximum absolute atomic E-state index is 12.4. The molecule has 3 aliphatic rings. The molecule has 10 N–H and O–H groups in total. The van der Waals surface area contributed by atoms with Gasteiger partial charge in [-0.1, -0.05) is 55.5 Å². The van der Waals surface area contributed by atoms with Crippen LogP contribution < -0.4 is 5.73 Å². The Kier molecular flexibility index (Phi) is 15.9. The highest BCUT2D eigenvalue weighted by atomic mass is 16.7. The zero-order valence-electron chi connectivity index (χ0n) is 28.5. The van der Waals surface area contributed by atoms with Gasteiger partial charge in [-0.05, 0) is 26.3 Å². The number of allylic oxidation sites excluding steroid dienone is 6. The van der Waals surface area contributed by atoms with Crippen LogP contribution in [0, 0.1) is 11.8 Å². The van der Waals surface area contributed by atoms with E-state index in [0.29, 0.717) is 6.42 Å². The maximum atomic E-state index is 12.4. The van der Waals surface area contributed by atoms with E-state index in [0.717, 1.165) is 12.2 Å². The Balaban J connectivity index is 1.95. The largest absolute Gasteiger partial charge is 0.481 e. The van der Waals surface area contributed by atoms with Crippen LogP contribution in [-0.2, 0) is 28.5 Å². The lowest BCUT2D eigenvalue weighted by molar-refractivity contribution is -0.308. The number of cyclic esters (lactones) is 1. The molecule has 0 aromatic carbocycles. The number of carboxylic acids is 1. The summed E-state index contributed by atoms with van der Waals surface area (Å²) in [5, 5.41) is 84.9. The molecular weight excluding hydrogens is 658 g/mol. The second kappa shape index (κ2) is 19.2. The van der Waals surface area contributed by atoms with E-state index in [1.807, 2.05) is 13.0 Å². The summed E-state index contributed by atoms with van der Waals surface area (Å²) in [5.74, 6) is -6.09. The van der Waals surface area contributed by atoms with Crippen LogP contribution in [0.2, 0.25) is 0 Å². The molecule has 282 valence electrons. The fourth-order valence-corrected chi connectivity index (χ4v) is 6.28. The van der Waals surface area contributed by atoms with E-state index in [-0.39, 0.29) is 12.3 Å². The maximum Gasteiger partial charge on any atom is 0.330 e. The normalized spacial score (nSPS) is 46.0. The van der Waals surface area contributed by atoms with Gasteiger partial charge in [0.25, 0.3) is 0 Å². The van der Waals surface area contributed by atoms with Crippen LogP contribution in [0.3, 0.4) is 0 Å². The van der Waals surface area contributed by atoms with Crippen molar-refractivity contribution in [2.75, 3.05) is 0 Å². The number of fused-ring (bicyclic) bond motifs is 2. The highest BCUT2D eigenvalue weighted by Crippen LogP contribution is 2.38. The number of carboxylic acid groups (broad SMARTS) is 1. The number of hydrogen-bond donors (Lipinski definition) is 9. The van der Waals surface area contributed by atoms with Crippen molar-refractivity contribution in [1.29, 1.82) is 0 Å². The summed E-state index contributed by atoms with van der Waals surface area (Å²) in [6, 6.07) is -1.11. The van der Waals surface area contributed by atoms with Crippen LogP contribution in [0.1, 0.15) is 52.9 Å². The zero-order valence-corrected chi connectivity index (χ0v) is 28.5. The number of rotatable bonds is 4. The third-order valence-corrected chi connectivity index (χ3v) is 9.18. The van der Waals surface area contributed by atoms with Gasteiger partial charge in [0, 0.05) is 37.7 Å². The zero-order chi connectivity index (χ0) is 37.2. The summed E-state index contributed by atoms with van der Waals surface area (Å²) in [4.78, 5) is 24.7. The molecule has 0 aromatic heterocycles. The standard InChI is InChI=1S/C35H53NO14/c1-4-21-11-9-7-5-6-8-10-12-23(49-34-32(43)30(36)31(42)20(3)48-34)16-27-29(33(44)45)26(40)18-35(46,50-27)17-22(37)15-25(39)24(38)13-14-28(41)47-19(21)2/h5-14,19-27,29-32,34,37-40,42-43,46H,4,15-18,36H2,1-3H3,(H,44,45)/b7-5-,8-6-,11-9-,12-10-,14-13-/t19-,20-,21+,22+,23+,24-,25-,26+,27+,29-,30+,31-,32+,34+,35-/m1/s1. The number of aliphatic hydroxyl groups is 7. The molecule has 0 aliphatic carbocycles. The van der Waals surface area contributed by atoms with Crippen molar-refractivity contribution in [2.45, 2.75) is 132 Å². The van der Waals surface area contributed by atoms with Crippen molar-refractivity contribution in [3.63, 3.8) is 0 Å². The fraction of sp³-hybridized carbons (Fsp3) is 0.657. The number of hydrogen-bond acceptors (Lipinski definition) is 14. The summed E-state index contributed by atoms with van der Waals surface area (Å²) >= 11 is 0. The Hall–Kier alpha value is -2.80. The Morgan fingerprint density at radius 2 is 1.54 bits per heavy atom. The Labute approximate surface area is 291 Å².